The fraction of sp³-hybridized carbons (Fsp3) is 0.571. The van der Waals surface area contributed by atoms with E-state index in [1.165, 1.54) is 31.2 Å². The number of unbranched alkanes of at least 4 members (excludes halogenated alkanes) is 2. The van der Waals surface area contributed by atoms with Gasteiger partial charge in [-0.3, -0.25) is 0 Å². The molecule has 0 spiro atoms. The highest BCUT2D eigenvalue weighted by Crippen LogP contribution is 2.17. The molecule has 17 heavy (non-hydrogen) atoms. The molecule has 3 N–H and O–H groups in total. The Labute approximate surface area is 113 Å². The van der Waals surface area contributed by atoms with Gasteiger partial charge < -0.3 is 11.1 Å². The summed E-state index contributed by atoms with van der Waals surface area (Å²) in [5, 5.41) is 3.54. The predicted octanol–water partition coefficient (Wildman–Crippen LogP) is 4.09. The van der Waals surface area contributed by atoms with Crippen LogP contribution in [-0.4, -0.2) is 6.04 Å². The van der Waals surface area contributed by atoms with Gasteiger partial charge in [0, 0.05) is 22.7 Å². The van der Waals surface area contributed by atoms with E-state index in [4.69, 9.17) is 5.73 Å². The van der Waals surface area contributed by atoms with Gasteiger partial charge >= 0.3 is 0 Å². The fourth-order valence-electron chi connectivity index (χ4n) is 1.87. The summed E-state index contributed by atoms with van der Waals surface area (Å²) < 4.78 is 1.05. The second-order valence-electron chi connectivity index (χ2n) is 4.67. The van der Waals surface area contributed by atoms with E-state index in [1.54, 1.807) is 0 Å². The van der Waals surface area contributed by atoms with Crippen molar-refractivity contribution in [3.63, 3.8) is 0 Å². The van der Waals surface area contributed by atoms with E-state index in [-0.39, 0.29) is 0 Å². The van der Waals surface area contributed by atoms with Crippen LogP contribution in [0.5, 0.6) is 0 Å². The average molecular weight is 299 g/mol. The van der Waals surface area contributed by atoms with Crippen LogP contribution in [0.1, 0.15) is 45.1 Å². The van der Waals surface area contributed by atoms with Gasteiger partial charge in [-0.1, -0.05) is 42.1 Å². The van der Waals surface area contributed by atoms with Crippen molar-refractivity contribution in [1.29, 1.82) is 0 Å². The van der Waals surface area contributed by atoms with E-state index in [0.717, 1.165) is 16.7 Å². The lowest BCUT2D eigenvalue weighted by molar-refractivity contribution is 0.487. The number of hydrogen-bond donors (Lipinski definition) is 2. The summed E-state index contributed by atoms with van der Waals surface area (Å²) in [6.45, 7) is 5.37. The molecule has 0 radical (unpaired) electrons. The number of rotatable bonds is 7. The van der Waals surface area contributed by atoms with E-state index in [0.29, 0.717) is 6.04 Å². The van der Waals surface area contributed by atoms with Gasteiger partial charge in [0.25, 0.3) is 0 Å². The Morgan fingerprint density at radius 2 is 2.06 bits per heavy atom. The Kier molecular flexibility index (Phi) is 6.60. The molecular formula is C14H23BrN2. The lowest BCUT2D eigenvalue weighted by Gasteiger charge is -2.14. The molecule has 0 heterocycles. The average Bonchev–Trinajstić information content (AvgIpc) is 2.25. The minimum Gasteiger partial charge on any atom is -0.399 e. The molecule has 1 rings (SSSR count). The van der Waals surface area contributed by atoms with Gasteiger partial charge in [0.05, 0.1) is 0 Å². The number of nitrogens with two attached hydrogens (primary N) is 1. The van der Waals surface area contributed by atoms with E-state index < -0.39 is 0 Å². The van der Waals surface area contributed by atoms with Gasteiger partial charge in [-0.2, -0.15) is 0 Å². The predicted molar refractivity (Wildman–Crippen MR) is 79.0 cm³/mol. The topological polar surface area (TPSA) is 38.0 Å². The highest BCUT2D eigenvalue weighted by Gasteiger charge is 2.02. The molecule has 0 bridgehead atoms. The molecule has 1 atom stereocenters. The zero-order valence-electron chi connectivity index (χ0n) is 10.8. The number of nitrogen functional groups attached to an aromatic ring is 1. The van der Waals surface area contributed by atoms with Crippen molar-refractivity contribution in [2.24, 2.45) is 0 Å². The van der Waals surface area contributed by atoms with Crippen molar-refractivity contribution < 1.29 is 0 Å². The van der Waals surface area contributed by atoms with E-state index in [1.807, 2.05) is 12.1 Å². The summed E-state index contributed by atoms with van der Waals surface area (Å²) in [6.07, 6.45) is 5.17. The van der Waals surface area contributed by atoms with Crippen molar-refractivity contribution >= 4 is 21.6 Å². The maximum absolute atomic E-state index is 5.81. The first-order valence-electron chi connectivity index (χ1n) is 6.40. The summed E-state index contributed by atoms with van der Waals surface area (Å²) in [4.78, 5) is 0. The molecular weight excluding hydrogens is 276 g/mol. The van der Waals surface area contributed by atoms with Crippen LogP contribution in [0, 0.1) is 0 Å². The molecule has 0 aromatic heterocycles. The van der Waals surface area contributed by atoms with E-state index in [9.17, 15) is 0 Å². The van der Waals surface area contributed by atoms with Crippen LogP contribution in [0.15, 0.2) is 22.7 Å². The summed E-state index contributed by atoms with van der Waals surface area (Å²) >= 11 is 3.46. The first-order chi connectivity index (χ1) is 8.11. The molecule has 0 aliphatic rings. The quantitative estimate of drug-likeness (QED) is 0.588. The molecule has 0 amide bonds. The third kappa shape index (κ3) is 6.08. The normalized spacial score (nSPS) is 12.6. The monoisotopic (exact) mass is 298 g/mol. The van der Waals surface area contributed by atoms with Gasteiger partial charge in [-0.25, -0.2) is 0 Å². The Bertz CT molecular complexity index is 319. The second kappa shape index (κ2) is 7.72. The molecule has 0 aliphatic carbocycles. The van der Waals surface area contributed by atoms with E-state index >= 15 is 0 Å². The van der Waals surface area contributed by atoms with Crippen LogP contribution in [0.4, 0.5) is 5.69 Å². The summed E-state index contributed by atoms with van der Waals surface area (Å²) in [6, 6.07) is 6.63. The second-order valence-corrected chi connectivity index (χ2v) is 5.59. The highest BCUT2D eigenvalue weighted by atomic mass is 79.9. The Morgan fingerprint density at radius 3 is 2.71 bits per heavy atom. The molecule has 0 saturated carbocycles. The van der Waals surface area contributed by atoms with Gasteiger partial charge in [-0.15, -0.1) is 0 Å². The summed E-state index contributed by atoms with van der Waals surface area (Å²) in [7, 11) is 0. The lowest BCUT2D eigenvalue weighted by atomic mass is 10.1. The molecule has 0 fully saturated rings. The number of hydrogen-bond acceptors (Lipinski definition) is 2. The SMILES string of the molecule is CCCCCC(C)NCc1cc(N)cc(Br)c1. The van der Waals surface area contributed by atoms with Crippen LogP contribution in [0.25, 0.3) is 0 Å². The third-order valence-electron chi connectivity index (χ3n) is 2.88. The largest absolute Gasteiger partial charge is 0.399 e. The van der Waals surface area contributed by atoms with Crippen LogP contribution >= 0.6 is 15.9 Å². The minimum atomic E-state index is 0.571. The molecule has 96 valence electrons. The van der Waals surface area contributed by atoms with Crippen LogP contribution < -0.4 is 11.1 Å². The van der Waals surface area contributed by atoms with Gasteiger partial charge in [0.1, 0.15) is 0 Å². The molecule has 2 nitrogen and oxygen atoms in total. The Hall–Kier alpha value is -0.540. The molecule has 1 unspecified atom stereocenters. The van der Waals surface area contributed by atoms with Crippen molar-refractivity contribution in [3.8, 4) is 0 Å². The lowest BCUT2D eigenvalue weighted by Crippen LogP contribution is -2.25. The molecule has 1 aromatic rings. The number of anilines is 1. The smallest absolute Gasteiger partial charge is 0.0328 e. The number of benzene rings is 1. The van der Waals surface area contributed by atoms with Gasteiger partial charge in [0.2, 0.25) is 0 Å². The number of nitrogens with one attached hydrogen (secondary N) is 1. The van der Waals surface area contributed by atoms with Gasteiger partial charge in [0.15, 0.2) is 0 Å². The Morgan fingerprint density at radius 1 is 1.29 bits per heavy atom. The fourth-order valence-corrected chi connectivity index (χ4v) is 2.43. The number of halogens is 1. The first kappa shape index (κ1) is 14.5. The summed E-state index contributed by atoms with van der Waals surface area (Å²) in [5.74, 6) is 0. The van der Waals surface area contributed by atoms with Crippen molar-refractivity contribution in [1.82, 2.24) is 5.32 Å². The minimum absolute atomic E-state index is 0.571. The summed E-state index contributed by atoms with van der Waals surface area (Å²) in [5.41, 5.74) is 7.86. The highest BCUT2D eigenvalue weighted by molar-refractivity contribution is 9.10. The third-order valence-corrected chi connectivity index (χ3v) is 3.33. The van der Waals surface area contributed by atoms with Crippen LogP contribution in [0.2, 0.25) is 0 Å². The van der Waals surface area contributed by atoms with E-state index in [2.05, 4.69) is 41.2 Å². The maximum Gasteiger partial charge on any atom is 0.0328 e. The maximum atomic E-state index is 5.81. The molecule has 1 aromatic carbocycles. The molecule has 3 heteroatoms. The first-order valence-corrected chi connectivity index (χ1v) is 7.19. The molecule has 0 saturated heterocycles. The van der Waals surface area contributed by atoms with Crippen molar-refractivity contribution in [2.75, 3.05) is 5.73 Å². The van der Waals surface area contributed by atoms with Crippen LogP contribution in [-0.2, 0) is 6.54 Å². The molecule has 0 aliphatic heterocycles. The zero-order chi connectivity index (χ0) is 12.7. The van der Waals surface area contributed by atoms with Gasteiger partial charge in [-0.05, 0) is 37.1 Å². The van der Waals surface area contributed by atoms with Crippen molar-refractivity contribution in [2.45, 2.75) is 52.1 Å². The zero-order valence-corrected chi connectivity index (χ0v) is 12.4. The van der Waals surface area contributed by atoms with Crippen molar-refractivity contribution in [3.05, 3.63) is 28.2 Å². The standard InChI is InChI=1S/C14H23BrN2/c1-3-4-5-6-11(2)17-10-12-7-13(15)9-14(16)8-12/h7-9,11,17H,3-6,10,16H2,1-2H3. The Balaban J connectivity index is 2.34. The van der Waals surface area contributed by atoms with Crippen LogP contribution in [0.3, 0.4) is 0 Å².